The third-order valence-corrected chi connectivity index (χ3v) is 3.24. The van der Waals surface area contributed by atoms with Crippen LogP contribution in [0, 0.1) is 10.1 Å². The normalized spacial score (nSPS) is 18.6. The Hall–Kier alpha value is -2.64. The summed E-state index contributed by atoms with van der Waals surface area (Å²) >= 11 is 0. The van der Waals surface area contributed by atoms with E-state index in [9.17, 15) is 19.7 Å². The van der Waals surface area contributed by atoms with Gasteiger partial charge in [-0.25, -0.2) is 0 Å². The van der Waals surface area contributed by atoms with E-state index in [1.807, 2.05) is 0 Å². The molecule has 20 heavy (non-hydrogen) atoms. The van der Waals surface area contributed by atoms with E-state index in [1.165, 1.54) is 17.0 Å². The summed E-state index contributed by atoms with van der Waals surface area (Å²) < 4.78 is 0. The van der Waals surface area contributed by atoms with Crippen molar-refractivity contribution >= 4 is 23.2 Å². The fourth-order valence-electron chi connectivity index (χ4n) is 2.06. The number of nitrogen functional groups attached to an aromatic ring is 1. The van der Waals surface area contributed by atoms with Gasteiger partial charge in [0, 0.05) is 30.9 Å². The number of nitrogens with zero attached hydrogens (tertiary/aromatic N) is 2. The number of nitro groups is 1. The summed E-state index contributed by atoms with van der Waals surface area (Å²) in [5.74, 6) is -0.734. The van der Waals surface area contributed by atoms with Gasteiger partial charge in [-0.2, -0.15) is 0 Å². The molecule has 0 aromatic heterocycles. The summed E-state index contributed by atoms with van der Waals surface area (Å²) in [5, 5.41) is 13.4. The Labute approximate surface area is 114 Å². The molecule has 1 aromatic rings. The van der Waals surface area contributed by atoms with Gasteiger partial charge >= 0.3 is 0 Å². The molecule has 2 amide bonds. The van der Waals surface area contributed by atoms with Gasteiger partial charge in [0.1, 0.15) is 6.04 Å². The Morgan fingerprint density at radius 2 is 2.25 bits per heavy atom. The van der Waals surface area contributed by atoms with Crippen LogP contribution in [-0.2, 0) is 4.79 Å². The third kappa shape index (κ3) is 2.40. The molecule has 1 unspecified atom stereocenters. The van der Waals surface area contributed by atoms with Gasteiger partial charge in [0.05, 0.1) is 10.5 Å². The molecule has 106 valence electrons. The van der Waals surface area contributed by atoms with E-state index in [1.54, 1.807) is 6.92 Å². The number of anilines is 1. The van der Waals surface area contributed by atoms with Crippen LogP contribution in [0.3, 0.4) is 0 Å². The monoisotopic (exact) mass is 278 g/mol. The standard InChI is InChI=1S/C12H14N4O4/c1-7-11(17)14-4-5-15(7)12(18)9-6-8(16(19)20)2-3-10(9)13/h2-3,6-7H,4-5,13H2,1H3,(H,14,17). The summed E-state index contributed by atoms with van der Waals surface area (Å²) in [5.41, 5.74) is 5.69. The lowest BCUT2D eigenvalue weighted by molar-refractivity contribution is -0.384. The van der Waals surface area contributed by atoms with Gasteiger partial charge in [-0.1, -0.05) is 0 Å². The molecule has 8 heteroatoms. The van der Waals surface area contributed by atoms with Crippen molar-refractivity contribution in [3.63, 3.8) is 0 Å². The van der Waals surface area contributed by atoms with Gasteiger partial charge in [-0.3, -0.25) is 19.7 Å². The topological polar surface area (TPSA) is 119 Å². The van der Waals surface area contributed by atoms with Crippen LogP contribution in [0.5, 0.6) is 0 Å². The highest BCUT2D eigenvalue weighted by molar-refractivity contribution is 6.02. The number of hydrogen-bond acceptors (Lipinski definition) is 5. The Morgan fingerprint density at radius 1 is 1.55 bits per heavy atom. The smallest absolute Gasteiger partial charge is 0.270 e. The van der Waals surface area contributed by atoms with Crippen LogP contribution in [0.2, 0.25) is 0 Å². The molecule has 2 rings (SSSR count). The first-order valence-corrected chi connectivity index (χ1v) is 6.04. The van der Waals surface area contributed by atoms with Crippen molar-refractivity contribution in [2.75, 3.05) is 18.8 Å². The molecule has 0 saturated carbocycles. The van der Waals surface area contributed by atoms with Crippen molar-refractivity contribution in [1.82, 2.24) is 10.2 Å². The Balaban J connectivity index is 2.35. The zero-order valence-electron chi connectivity index (χ0n) is 10.8. The summed E-state index contributed by atoms with van der Waals surface area (Å²) in [7, 11) is 0. The molecule has 1 saturated heterocycles. The molecule has 3 N–H and O–H groups in total. The lowest BCUT2D eigenvalue weighted by Crippen LogP contribution is -2.55. The first kappa shape index (κ1) is 13.8. The molecular weight excluding hydrogens is 264 g/mol. The average molecular weight is 278 g/mol. The molecule has 0 aliphatic carbocycles. The van der Waals surface area contributed by atoms with Crippen LogP contribution in [0.25, 0.3) is 0 Å². The number of piperazine rings is 1. The van der Waals surface area contributed by atoms with Gasteiger partial charge in [0.25, 0.3) is 11.6 Å². The van der Waals surface area contributed by atoms with Crippen LogP contribution in [-0.4, -0.2) is 40.8 Å². The predicted octanol–water partition coefficient (Wildman–Crippen LogP) is 0.137. The number of carbonyl (C=O) groups excluding carboxylic acids is 2. The molecule has 8 nitrogen and oxygen atoms in total. The first-order valence-electron chi connectivity index (χ1n) is 6.04. The van der Waals surface area contributed by atoms with Crippen molar-refractivity contribution in [3.8, 4) is 0 Å². The van der Waals surface area contributed by atoms with Gasteiger partial charge < -0.3 is 16.0 Å². The van der Waals surface area contributed by atoms with Crippen molar-refractivity contribution in [2.45, 2.75) is 13.0 Å². The fraction of sp³-hybridized carbons (Fsp3) is 0.333. The first-order chi connectivity index (χ1) is 9.41. The highest BCUT2D eigenvalue weighted by Gasteiger charge is 2.31. The number of hydrogen-bond donors (Lipinski definition) is 2. The molecule has 1 fully saturated rings. The SMILES string of the molecule is CC1C(=O)NCCN1C(=O)c1cc([N+](=O)[O-])ccc1N. The van der Waals surface area contributed by atoms with Crippen LogP contribution in [0.1, 0.15) is 17.3 Å². The fourth-order valence-corrected chi connectivity index (χ4v) is 2.06. The molecule has 1 aliphatic heterocycles. The maximum absolute atomic E-state index is 12.4. The number of nitro benzene ring substituents is 1. The van der Waals surface area contributed by atoms with Crippen molar-refractivity contribution < 1.29 is 14.5 Å². The van der Waals surface area contributed by atoms with E-state index in [0.717, 1.165) is 6.07 Å². The van der Waals surface area contributed by atoms with Gasteiger partial charge in [0.15, 0.2) is 0 Å². The third-order valence-electron chi connectivity index (χ3n) is 3.24. The Bertz CT molecular complexity index is 587. The number of rotatable bonds is 2. The summed E-state index contributed by atoms with van der Waals surface area (Å²) in [4.78, 5) is 35.5. The lowest BCUT2D eigenvalue weighted by Gasteiger charge is -2.33. The van der Waals surface area contributed by atoms with E-state index < -0.39 is 16.9 Å². The van der Waals surface area contributed by atoms with Crippen LogP contribution in [0.15, 0.2) is 18.2 Å². The number of amides is 2. The number of benzene rings is 1. The highest BCUT2D eigenvalue weighted by atomic mass is 16.6. The van der Waals surface area contributed by atoms with E-state index in [0.29, 0.717) is 13.1 Å². The van der Waals surface area contributed by atoms with Crippen LogP contribution < -0.4 is 11.1 Å². The molecule has 1 aliphatic rings. The summed E-state index contributed by atoms with van der Waals surface area (Å²) in [6.07, 6.45) is 0. The molecule has 0 spiro atoms. The summed E-state index contributed by atoms with van der Waals surface area (Å²) in [6.45, 7) is 2.29. The number of nitrogens with one attached hydrogen (secondary N) is 1. The van der Waals surface area contributed by atoms with E-state index >= 15 is 0 Å². The zero-order chi connectivity index (χ0) is 14.9. The maximum Gasteiger partial charge on any atom is 0.270 e. The van der Waals surface area contributed by atoms with Gasteiger partial charge in [-0.15, -0.1) is 0 Å². The minimum Gasteiger partial charge on any atom is -0.398 e. The predicted molar refractivity (Wildman–Crippen MR) is 71.0 cm³/mol. The minimum absolute atomic E-state index is 0.0424. The molecule has 1 heterocycles. The molecule has 0 bridgehead atoms. The quantitative estimate of drug-likeness (QED) is 0.453. The molecular formula is C12H14N4O4. The molecule has 1 aromatic carbocycles. The van der Waals surface area contributed by atoms with Crippen molar-refractivity contribution in [2.24, 2.45) is 0 Å². The maximum atomic E-state index is 12.4. The second-order valence-electron chi connectivity index (χ2n) is 4.49. The Morgan fingerprint density at radius 3 is 2.90 bits per heavy atom. The van der Waals surface area contributed by atoms with Crippen LogP contribution >= 0.6 is 0 Å². The zero-order valence-corrected chi connectivity index (χ0v) is 10.8. The van der Waals surface area contributed by atoms with Crippen LogP contribution in [0.4, 0.5) is 11.4 Å². The van der Waals surface area contributed by atoms with Crippen molar-refractivity contribution in [1.29, 1.82) is 0 Å². The second kappa shape index (κ2) is 5.16. The average Bonchev–Trinajstić information content (AvgIpc) is 2.41. The summed E-state index contributed by atoms with van der Waals surface area (Å²) in [6, 6.07) is 3.06. The second-order valence-corrected chi connectivity index (χ2v) is 4.49. The molecule has 0 radical (unpaired) electrons. The number of non-ortho nitro benzene ring substituents is 1. The van der Waals surface area contributed by atoms with E-state index in [-0.39, 0.29) is 22.8 Å². The molecule has 1 atom stereocenters. The van der Waals surface area contributed by atoms with Gasteiger partial charge in [-0.05, 0) is 13.0 Å². The van der Waals surface area contributed by atoms with E-state index in [4.69, 9.17) is 5.73 Å². The minimum atomic E-state index is -0.630. The Kier molecular flexibility index (Phi) is 3.55. The largest absolute Gasteiger partial charge is 0.398 e. The van der Waals surface area contributed by atoms with Crippen molar-refractivity contribution in [3.05, 3.63) is 33.9 Å². The lowest BCUT2D eigenvalue weighted by atomic mass is 10.1. The van der Waals surface area contributed by atoms with E-state index in [2.05, 4.69) is 5.32 Å². The van der Waals surface area contributed by atoms with Gasteiger partial charge in [0.2, 0.25) is 5.91 Å². The number of carbonyl (C=O) groups is 2. The highest BCUT2D eigenvalue weighted by Crippen LogP contribution is 2.22. The number of nitrogens with two attached hydrogens (primary N) is 1.